The highest BCUT2D eigenvalue weighted by Crippen LogP contribution is 1.91. The van der Waals surface area contributed by atoms with Crippen molar-refractivity contribution in [2.24, 2.45) is 0 Å². The maximum absolute atomic E-state index is 11.9. The second kappa shape index (κ2) is 5.99. The molecule has 0 aliphatic heterocycles. The molecule has 0 fully saturated rings. The zero-order valence-corrected chi connectivity index (χ0v) is 11.4. The molecule has 6 nitrogen and oxygen atoms in total. The van der Waals surface area contributed by atoms with Gasteiger partial charge in [0.2, 0.25) is 0 Å². The first-order chi connectivity index (χ1) is 8.41. The minimum absolute atomic E-state index is 0.0116. The molecule has 7 heteroatoms. The number of rotatable bonds is 6. The summed E-state index contributed by atoms with van der Waals surface area (Å²) in [5.41, 5.74) is -0.908. The molecule has 0 N–H and O–H groups in total. The van der Waals surface area contributed by atoms with Crippen LogP contribution in [0.15, 0.2) is 21.9 Å². The number of aryl methyl sites for hydroxylation is 1. The molecule has 1 aromatic rings. The van der Waals surface area contributed by atoms with Gasteiger partial charge in [-0.05, 0) is 6.42 Å². The third-order valence-electron chi connectivity index (χ3n) is 2.67. The van der Waals surface area contributed by atoms with Crippen molar-refractivity contribution in [3.8, 4) is 0 Å². The molecule has 18 heavy (non-hydrogen) atoms. The summed E-state index contributed by atoms with van der Waals surface area (Å²) in [6.45, 7) is 3.89. The van der Waals surface area contributed by atoms with Gasteiger partial charge in [0, 0.05) is 31.1 Å². The van der Waals surface area contributed by atoms with Crippen LogP contribution in [0.1, 0.15) is 20.3 Å². The summed E-state index contributed by atoms with van der Waals surface area (Å²) in [6.07, 6.45) is 2.21. The third kappa shape index (κ3) is 3.56. The van der Waals surface area contributed by atoms with E-state index in [1.807, 2.05) is 6.92 Å². The van der Waals surface area contributed by atoms with E-state index >= 15 is 0 Å². The van der Waals surface area contributed by atoms with Crippen LogP contribution in [0, 0.1) is 0 Å². The Hall–Kier alpha value is -1.37. The van der Waals surface area contributed by atoms with Gasteiger partial charge in [0.1, 0.15) is 0 Å². The summed E-state index contributed by atoms with van der Waals surface area (Å²) >= 11 is 0. The minimum atomic E-state index is -3.18. The highest BCUT2D eigenvalue weighted by atomic mass is 32.2. The van der Waals surface area contributed by atoms with Crippen LogP contribution < -0.4 is 11.2 Å². The van der Waals surface area contributed by atoms with Crippen LogP contribution >= 0.6 is 0 Å². The summed E-state index contributed by atoms with van der Waals surface area (Å²) < 4.78 is 25.2. The smallest absolute Gasteiger partial charge is 0.300 e. The molecule has 102 valence electrons. The molecule has 0 amide bonds. The molecule has 0 saturated carbocycles. The fraction of sp³-hybridized carbons (Fsp3) is 0.636. The van der Waals surface area contributed by atoms with Crippen molar-refractivity contribution < 1.29 is 8.42 Å². The predicted octanol–water partition coefficient (Wildman–Crippen LogP) is -0.145. The number of sulfone groups is 1. The van der Waals surface area contributed by atoms with Crippen molar-refractivity contribution >= 4 is 9.84 Å². The SMILES string of the molecule is CCCn1ccc(=O)n(CCS(=O)(=O)CC)c1=O. The monoisotopic (exact) mass is 274 g/mol. The third-order valence-corrected chi connectivity index (χ3v) is 4.35. The van der Waals surface area contributed by atoms with Gasteiger partial charge in [0.15, 0.2) is 9.84 Å². The molecule has 0 atom stereocenters. The summed E-state index contributed by atoms with van der Waals surface area (Å²) in [6, 6.07) is 1.29. The van der Waals surface area contributed by atoms with E-state index in [1.54, 1.807) is 6.92 Å². The van der Waals surface area contributed by atoms with Crippen LogP contribution in [-0.4, -0.2) is 29.1 Å². The maximum atomic E-state index is 11.9. The Bertz CT molecular complexity index is 613. The summed E-state index contributed by atoms with van der Waals surface area (Å²) in [7, 11) is -3.18. The molecule has 1 rings (SSSR count). The summed E-state index contributed by atoms with van der Waals surface area (Å²) in [5, 5.41) is 0. The maximum Gasteiger partial charge on any atom is 0.330 e. The molecule has 1 aromatic heterocycles. The van der Waals surface area contributed by atoms with Crippen LogP contribution in [0.25, 0.3) is 0 Å². The predicted molar refractivity (Wildman–Crippen MR) is 69.6 cm³/mol. The Morgan fingerprint density at radius 3 is 2.39 bits per heavy atom. The second-order valence-corrected chi connectivity index (χ2v) is 6.49. The fourth-order valence-electron chi connectivity index (χ4n) is 1.55. The number of aromatic nitrogens is 2. The van der Waals surface area contributed by atoms with Crippen molar-refractivity contribution in [3.63, 3.8) is 0 Å². The number of hydrogen-bond acceptors (Lipinski definition) is 4. The minimum Gasteiger partial charge on any atom is -0.300 e. The molecule has 0 aliphatic carbocycles. The van der Waals surface area contributed by atoms with Gasteiger partial charge in [-0.15, -0.1) is 0 Å². The normalized spacial score (nSPS) is 11.7. The first-order valence-corrected chi connectivity index (χ1v) is 7.74. The quantitative estimate of drug-likeness (QED) is 0.723. The molecular formula is C11H18N2O4S. The standard InChI is InChI=1S/C11H18N2O4S/c1-3-6-12-7-5-10(14)13(11(12)15)8-9-18(16,17)4-2/h5,7H,3-4,6,8-9H2,1-2H3. The first kappa shape index (κ1) is 14.7. The van der Waals surface area contributed by atoms with Gasteiger partial charge in [-0.1, -0.05) is 13.8 Å². The molecule has 0 unspecified atom stereocenters. The number of nitrogens with zero attached hydrogens (tertiary/aromatic N) is 2. The molecule has 0 aliphatic rings. The van der Waals surface area contributed by atoms with Crippen molar-refractivity contribution in [1.82, 2.24) is 9.13 Å². The topological polar surface area (TPSA) is 78.1 Å². The lowest BCUT2D eigenvalue weighted by Gasteiger charge is -2.08. The zero-order chi connectivity index (χ0) is 13.8. The lowest BCUT2D eigenvalue weighted by atomic mass is 10.4. The van der Waals surface area contributed by atoms with Gasteiger partial charge >= 0.3 is 5.69 Å². The van der Waals surface area contributed by atoms with E-state index in [1.165, 1.54) is 16.8 Å². The molecule has 1 heterocycles. The van der Waals surface area contributed by atoms with E-state index in [9.17, 15) is 18.0 Å². The second-order valence-electron chi connectivity index (χ2n) is 4.02. The van der Waals surface area contributed by atoms with Gasteiger partial charge in [-0.25, -0.2) is 13.2 Å². The number of hydrogen-bond donors (Lipinski definition) is 0. The first-order valence-electron chi connectivity index (χ1n) is 5.92. The van der Waals surface area contributed by atoms with Crippen molar-refractivity contribution in [3.05, 3.63) is 33.1 Å². The molecule has 0 spiro atoms. The van der Waals surface area contributed by atoms with Crippen LogP contribution in [0.5, 0.6) is 0 Å². The Kier molecular flexibility index (Phi) is 4.89. The summed E-state index contributed by atoms with van der Waals surface area (Å²) in [4.78, 5) is 23.5. The highest BCUT2D eigenvalue weighted by molar-refractivity contribution is 7.91. The van der Waals surface area contributed by atoms with E-state index in [4.69, 9.17) is 0 Å². The Balaban J connectivity index is 3.06. The lowest BCUT2D eigenvalue weighted by molar-refractivity contribution is 0.552. The van der Waals surface area contributed by atoms with Crippen LogP contribution in [-0.2, 0) is 22.9 Å². The van der Waals surface area contributed by atoms with Crippen LogP contribution in [0.4, 0.5) is 0 Å². The average Bonchev–Trinajstić information content (AvgIpc) is 2.33. The van der Waals surface area contributed by atoms with E-state index < -0.39 is 21.1 Å². The van der Waals surface area contributed by atoms with Gasteiger partial charge in [-0.2, -0.15) is 0 Å². The fourth-order valence-corrected chi connectivity index (χ4v) is 2.30. The van der Waals surface area contributed by atoms with Gasteiger partial charge in [0.25, 0.3) is 5.56 Å². The van der Waals surface area contributed by atoms with Gasteiger partial charge in [0.05, 0.1) is 5.75 Å². The van der Waals surface area contributed by atoms with Crippen molar-refractivity contribution in [1.29, 1.82) is 0 Å². The zero-order valence-electron chi connectivity index (χ0n) is 10.6. The summed E-state index contributed by atoms with van der Waals surface area (Å²) in [5.74, 6) is -0.174. The Morgan fingerprint density at radius 2 is 1.83 bits per heavy atom. The van der Waals surface area contributed by atoms with Gasteiger partial charge < -0.3 is 4.57 Å². The lowest BCUT2D eigenvalue weighted by Crippen LogP contribution is -2.40. The largest absolute Gasteiger partial charge is 0.330 e. The van der Waals surface area contributed by atoms with Crippen molar-refractivity contribution in [2.75, 3.05) is 11.5 Å². The van der Waals surface area contributed by atoms with Crippen LogP contribution in [0.3, 0.4) is 0 Å². The van der Waals surface area contributed by atoms with Gasteiger partial charge in [-0.3, -0.25) is 9.36 Å². The molecule has 0 bridgehead atoms. The van der Waals surface area contributed by atoms with Crippen molar-refractivity contribution in [2.45, 2.75) is 33.4 Å². The van der Waals surface area contributed by atoms with E-state index in [0.29, 0.717) is 6.54 Å². The Morgan fingerprint density at radius 1 is 1.17 bits per heavy atom. The Labute approximate surface area is 106 Å². The molecule has 0 radical (unpaired) electrons. The molecular weight excluding hydrogens is 256 g/mol. The van der Waals surface area contributed by atoms with Crippen LogP contribution in [0.2, 0.25) is 0 Å². The molecule has 0 aromatic carbocycles. The highest BCUT2D eigenvalue weighted by Gasteiger charge is 2.11. The van der Waals surface area contributed by atoms with E-state index in [-0.39, 0.29) is 18.1 Å². The molecule has 0 saturated heterocycles. The average molecular weight is 274 g/mol. The van der Waals surface area contributed by atoms with E-state index in [0.717, 1.165) is 11.0 Å². The van der Waals surface area contributed by atoms with E-state index in [2.05, 4.69) is 0 Å².